The van der Waals surface area contributed by atoms with E-state index in [9.17, 15) is 9.59 Å². The summed E-state index contributed by atoms with van der Waals surface area (Å²) in [7, 11) is 0. The molecule has 3 N–H and O–H groups in total. The van der Waals surface area contributed by atoms with Crippen molar-refractivity contribution in [1.82, 2.24) is 5.32 Å². The molecule has 0 bridgehead atoms. The first-order valence-corrected chi connectivity index (χ1v) is 6.53. The first kappa shape index (κ1) is 16.0. The van der Waals surface area contributed by atoms with Gasteiger partial charge in [-0.15, -0.1) is 0 Å². The summed E-state index contributed by atoms with van der Waals surface area (Å²) in [6, 6.07) is 7.04. The van der Waals surface area contributed by atoms with Crippen LogP contribution in [0.2, 0.25) is 0 Å². The number of anilines is 1. The van der Waals surface area contributed by atoms with Crippen molar-refractivity contribution in [2.24, 2.45) is 0 Å². The van der Waals surface area contributed by atoms with Gasteiger partial charge in [0, 0.05) is 24.3 Å². The minimum atomic E-state index is -1.59. The van der Waals surface area contributed by atoms with Gasteiger partial charge >= 0.3 is 5.97 Å². The van der Waals surface area contributed by atoms with Gasteiger partial charge in [0.1, 0.15) is 0 Å². The molecule has 6 nitrogen and oxygen atoms in total. The number of carbonyl (C=O) groups is 2. The van der Waals surface area contributed by atoms with Crippen LogP contribution >= 0.6 is 0 Å². The lowest BCUT2D eigenvalue weighted by molar-refractivity contribution is -0.146. The van der Waals surface area contributed by atoms with Crippen molar-refractivity contribution >= 4 is 17.6 Å². The van der Waals surface area contributed by atoms with Gasteiger partial charge < -0.3 is 20.4 Å². The third kappa shape index (κ3) is 4.24. The average molecular weight is 280 g/mol. The predicted molar refractivity (Wildman–Crippen MR) is 76.0 cm³/mol. The number of nitrogens with zero attached hydrogens (tertiary/aromatic N) is 1. The zero-order valence-corrected chi connectivity index (χ0v) is 11.7. The average Bonchev–Trinajstić information content (AvgIpc) is 2.46. The van der Waals surface area contributed by atoms with Crippen LogP contribution in [-0.2, 0) is 4.79 Å². The summed E-state index contributed by atoms with van der Waals surface area (Å²) in [4.78, 5) is 24.3. The maximum absolute atomic E-state index is 11.8. The molecule has 6 heteroatoms. The molecule has 20 heavy (non-hydrogen) atoms. The van der Waals surface area contributed by atoms with Gasteiger partial charge in [-0.2, -0.15) is 0 Å². The Labute approximate surface area is 118 Å². The van der Waals surface area contributed by atoms with Crippen molar-refractivity contribution in [2.75, 3.05) is 24.5 Å². The second kappa shape index (κ2) is 7.49. The van der Waals surface area contributed by atoms with E-state index in [1.54, 1.807) is 12.1 Å². The van der Waals surface area contributed by atoms with Crippen LogP contribution in [0, 0.1) is 0 Å². The summed E-state index contributed by atoms with van der Waals surface area (Å²) in [5, 5.41) is 20.0. The molecule has 0 saturated carbocycles. The molecule has 1 rings (SSSR count). The number of carbonyl (C=O) groups excluding carboxylic acids is 1. The number of carboxylic acids is 1. The van der Waals surface area contributed by atoms with Crippen LogP contribution in [0.3, 0.4) is 0 Å². The van der Waals surface area contributed by atoms with Gasteiger partial charge in [0.2, 0.25) is 0 Å². The third-order valence-electron chi connectivity index (χ3n) is 3.00. The van der Waals surface area contributed by atoms with Gasteiger partial charge in [-0.1, -0.05) is 0 Å². The van der Waals surface area contributed by atoms with E-state index in [2.05, 4.69) is 24.1 Å². The lowest BCUT2D eigenvalue weighted by Gasteiger charge is -2.21. The summed E-state index contributed by atoms with van der Waals surface area (Å²) in [5.74, 6) is -1.77. The van der Waals surface area contributed by atoms with Crippen LogP contribution in [-0.4, -0.2) is 47.8 Å². The Morgan fingerprint density at radius 2 is 1.75 bits per heavy atom. The standard InChI is InChI=1S/C14H20N2O4/c1-3-16(4-2)11-7-5-10(6-8-11)13(18)15-9-12(17)14(19)20/h5-8,12,17H,3-4,9H2,1-2H3,(H,15,18)(H,19,20). The van der Waals surface area contributed by atoms with Gasteiger partial charge in [-0.25, -0.2) is 4.79 Å². The molecular weight excluding hydrogens is 260 g/mol. The van der Waals surface area contributed by atoms with E-state index in [1.165, 1.54) is 0 Å². The molecule has 1 aromatic rings. The Morgan fingerprint density at radius 3 is 2.20 bits per heavy atom. The van der Waals surface area contributed by atoms with E-state index in [0.29, 0.717) is 5.56 Å². The molecule has 0 radical (unpaired) electrons. The summed E-state index contributed by atoms with van der Waals surface area (Å²) in [5.41, 5.74) is 1.45. The third-order valence-corrected chi connectivity index (χ3v) is 3.00. The highest BCUT2D eigenvalue weighted by atomic mass is 16.4. The fraction of sp³-hybridized carbons (Fsp3) is 0.429. The molecule has 0 heterocycles. The van der Waals surface area contributed by atoms with Crippen molar-refractivity contribution in [1.29, 1.82) is 0 Å². The fourth-order valence-corrected chi connectivity index (χ4v) is 1.79. The number of rotatable bonds is 7. The highest BCUT2D eigenvalue weighted by Gasteiger charge is 2.15. The number of amides is 1. The number of aliphatic carboxylic acids is 1. The molecule has 110 valence electrons. The Bertz CT molecular complexity index is 455. The Morgan fingerprint density at radius 1 is 1.20 bits per heavy atom. The lowest BCUT2D eigenvalue weighted by Crippen LogP contribution is -2.36. The zero-order chi connectivity index (χ0) is 15.1. The molecule has 0 aromatic heterocycles. The summed E-state index contributed by atoms with van der Waals surface area (Å²) >= 11 is 0. The van der Waals surface area contributed by atoms with Crippen LogP contribution in [0.5, 0.6) is 0 Å². The van der Waals surface area contributed by atoms with E-state index in [1.807, 2.05) is 12.1 Å². The number of carboxylic acid groups (broad SMARTS) is 1. The van der Waals surface area contributed by atoms with Gasteiger partial charge in [-0.3, -0.25) is 4.79 Å². The molecule has 0 fully saturated rings. The molecule has 1 aromatic carbocycles. The van der Waals surface area contributed by atoms with Crippen LogP contribution in [0.1, 0.15) is 24.2 Å². The minimum absolute atomic E-state index is 0.314. The molecule has 0 aliphatic rings. The Balaban J connectivity index is 2.64. The van der Waals surface area contributed by atoms with Gasteiger partial charge in [0.25, 0.3) is 5.91 Å². The van der Waals surface area contributed by atoms with E-state index in [-0.39, 0.29) is 6.54 Å². The van der Waals surface area contributed by atoms with Gasteiger partial charge in [-0.05, 0) is 38.1 Å². The van der Waals surface area contributed by atoms with E-state index in [4.69, 9.17) is 10.2 Å². The zero-order valence-electron chi connectivity index (χ0n) is 11.7. The quantitative estimate of drug-likeness (QED) is 0.684. The Kier molecular flexibility index (Phi) is 5.99. The second-order valence-electron chi connectivity index (χ2n) is 4.28. The summed E-state index contributed by atoms with van der Waals surface area (Å²) in [6.45, 7) is 5.56. The molecule has 1 amide bonds. The first-order chi connectivity index (χ1) is 9.49. The van der Waals surface area contributed by atoms with E-state index < -0.39 is 18.0 Å². The van der Waals surface area contributed by atoms with Crippen LogP contribution in [0.25, 0.3) is 0 Å². The number of aliphatic hydroxyl groups is 1. The lowest BCUT2D eigenvalue weighted by atomic mass is 10.1. The topological polar surface area (TPSA) is 89.9 Å². The molecule has 1 unspecified atom stereocenters. The van der Waals surface area contributed by atoms with Gasteiger partial charge in [0.05, 0.1) is 6.54 Å². The second-order valence-corrected chi connectivity index (χ2v) is 4.28. The maximum atomic E-state index is 11.8. The number of aliphatic hydroxyl groups excluding tert-OH is 1. The monoisotopic (exact) mass is 280 g/mol. The number of hydrogen-bond acceptors (Lipinski definition) is 4. The number of nitrogens with one attached hydrogen (secondary N) is 1. The highest BCUT2D eigenvalue weighted by Crippen LogP contribution is 2.14. The predicted octanol–water partition coefficient (Wildman–Crippen LogP) is 0.708. The molecule has 1 atom stereocenters. The normalized spacial score (nSPS) is 11.8. The fourth-order valence-electron chi connectivity index (χ4n) is 1.79. The highest BCUT2D eigenvalue weighted by molar-refractivity contribution is 5.94. The molecule has 0 aliphatic carbocycles. The van der Waals surface area contributed by atoms with Crippen molar-refractivity contribution in [3.63, 3.8) is 0 Å². The van der Waals surface area contributed by atoms with Crippen LogP contribution in [0.4, 0.5) is 5.69 Å². The first-order valence-electron chi connectivity index (χ1n) is 6.53. The summed E-state index contributed by atoms with van der Waals surface area (Å²) < 4.78 is 0. The number of hydrogen-bond donors (Lipinski definition) is 3. The molecule has 0 saturated heterocycles. The SMILES string of the molecule is CCN(CC)c1ccc(C(=O)NCC(O)C(=O)O)cc1. The van der Waals surface area contributed by atoms with Crippen molar-refractivity contribution in [3.05, 3.63) is 29.8 Å². The van der Waals surface area contributed by atoms with Crippen LogP contribution in [0.15, 0.2) is 24.3 Å². The van der Waals surface area contributed by atoms with Crippen LogP contribution < -0.4 is 10.2 Å². The molecule has 0 spiro atoms. The molecule has 0 aliphatic heterocycles. The smallest absolute Gasteiger partial charge is 0.334 e. The Hall–Kier alpha value is -2.08. The van der Waals surface area contributed by atoms with E-state index in [0.717, 1.165) is 18.8 Å². The van der Waals surface area contributed by atoms with E-state index >= 15 is 0 Å². The van der Waals surface area contributed by atoms with Crippen molar-refractivity contribution < 1.29 is 19.8 Å². The van der Waals surface area contributed by atoms with Crippen molar-refractivity contribution in [2.45, 2.75) is 20.0 Å². The number of benzene rings is 1. The van der Waals surface area contributed by atoms with Gasteiger partial charge in [0.15, 0.2) is 6.10 Å². The summed E-state index contributed by atoms with van der Waals surface area (Å²) in [6.07, 6.45) is -1.59. The largest absolute Gasteiger partial charge is 0.479 e. The maximum Gasteiger partial charge on any atom is 0.334 e. The molecular formula is C14H20N2O4. The van der Waals surface area contributed by atoms with Crippen molar-refractivity contribution in [3.8, 4) is 0 Å². The minimum Gasteiger partial charge on any atom is -0.479 e.